The highest BCUT2D eigenvalue weighted by molar-refractivity contribution is 8.13. The molecule has 2 aliphatic heterocycles. The summed E-state index contributed by atoms with van der Waals surface area (Å²) in [6.07, 6.45) is 1.63. The molecule has 5 rings (SSSR count). The largest absolute Gasteiger partial charge is 0.496 e. The predicted molar refractivity (Wildman–Crippen MR) is 129 cm³/mol. The van der Waals surface area contributed by atoms with E-state index < -0.39 is 6.17 Å². The Hall–Kier alpha value is -3.32. The number of thioether (sulfide) groups is 1. The highest BCUT2D eigenvalue weighted by Gasteiger charge is 2.36. The van der Waals surface area contributed by atoms with Crippen molar-refractivity contribution in [3.05, 3.63) is 76.8 Å². The van der Waals surface area contributed by atoms with Crippen LogP contribution >= 0.6 is 11.8 Å². The minimum absolute atomic E-state index is 0.162. The van der Waals surface area contributed by atoms with E-state index in [1.807, 2.05) is 48.5 Å². The molecule has 0 saturated carbocycles. The van der Waals surface area contributed by atoms with Crippen molar-refractivity contribution in [1.82, 2.24) is 10.3 Å². The van der Waals surface area contributed by atoms with Gasteiger partial charge in [-0.05, 0) is 29.3 Å². The first-order valence-electron chi connectivity index (χ1n) is 10.8. The molecular weight excluding hydrogens is 420 g/mol. The Morgan fingerprint density at radius 3 is 2.75 bits per heavy atom. The van der Waals surface area contributed by atoms with Crippen molar-refractivity contribution in [3.63, 3.8) is 0 Å². The Balaban J connectivity index is 1.75. The van der Waals surface area contributed by atoms with Crippen LogP contribution in [-0.2, 0) is 4.79 Å². The normalized spacial score (nSPS) is 17.2. The molecule has 0 fully saturated rings. The number of carbonyl (C=O) groups excluding carboxylic acids is 1. The highest BCUT2D eigenvalue weighted by atomic mass is 32.2. The standard InChI is InChI=1S/C25H24N4O2S/c1-3-4-15-32-25-27-24(30)22-18-11-7-8-12-19(18)26-23(29(22)28-25)21-17-10-6-5-9-16(17)13-14-20(21)31-2/h5-14,23H,3-4,15H2,1-2H3,(H,27,28,30)/t23-/m1/s1. The van der Waals surface area contributed by atoms with Crippen LogP contribution in [0.2, 0.25) is 0 Å². The van der Waals surface area contributed by atoms with Gasteiger partial charge in [0.2, 0.25) is 0 Å². The first kappa shape index (κ1) is 20.6. The second-order valence-corrected chi connectivity index (χ2v) is 8.76. The Bertz CT molecular complexity index is 1350. The van der Waals surface area contributed by atoms with Gasteiger partial charge in [0.1, 0.15) is 11.4 Å². The molecule has 0 aromatic heterocycles. The number of hydrogen-bond donors (Lipinski definition) is 1. The second-order valence-electron chi connectivity index (χ2n) is 7.68. The van der Waals surface area contributed by atoms with Gasteiger partial charge >= 0.3 is 0 Å². The van der Waals surface area contributed by atoms with Crippen molar-refractivity contribution in [2.24, 2.45) is 10.1 Å². The minimum atomic E-state index is -0.520. The van der Waals surface area contributed by atoms with Crippen LogP contribution in [0.5, 0.6) is 5.75 Å². The average molecular weight is 445 g/mol. The van der Waals surface area contributed by atoms with Crippen molar-refractivity contribution in [3.8, 4) is 5.75 Å². The number of carbonyl (C=O) groups is 1. The summed E-state index contributed by atoms with van der Waals surface area (Å²) in [5, 5.41) is 13.9. The minimum Gasteiger partial charge on any atom is -0.496 e. The number of nitrogens with zero attached hydrogens (tertiary/aromatic N) is 3. The average Bonchev–Trinajstić information content (AvgIpc) is 2.83. The molecule has 0 radical (unpaired) electrons. The van der Waals surface area contributed by atoms with E-state index in [0.29, 0.717) is 10.9 Å². The van der Waals surface area contributed by atoms with E-state index in [1.54, 1.807) is 23.9 Å². The maximum Gasteiger partial charge on any atom is 0.276 e. The zero-order valence-electron chi connectivity index (χ0n) is 18.0. The molecule has 1 amide bonds. The van der Waals surface area contributed by atoms with Gasteiger partial charge in [-0.2, -0.15) is 0 Å². The van der Waals surface area contributed by atoms with Crippen LogP contribution in [0.25, 0.3) is 16.5 Å². The molecule has 6 nitrogen and oxygen atoms in total. The molecule has 0 aliphatic carbocycles. The summed E-state index contributed by atoms with van der Waals surface area (Å²) in [6.45, 7) is 2.15. The SMILES string of the molecule is CCCCSC1=NN2C(=c3ccccc3=N[C@H]2c2c(OC)ccc3ccccc23)C(=O)N1. The van der Waals surface area contributed by atoms with Gasteiger partial charge in [-0.1, -0.05) is 73.6 Å². The summed E-state index contributed by atoms with van der Waals surface area (Å²) in [5.41, 5.74) is 1.41. The Kier molecular flexibility index (Phi) is 5.57. The van der Waals surface area contributed by atoms with Crippen LogP contribution in [-0.4, -0.2) is 28.9 Å². The van der Waals surface area contributed by atoms with Gasteiger partial charge in [-0.3, -0.25) is 15.1 Å². The molecule has 3 aromatic rings. The number of fused-ring (bicyclic) bond motifs is 3. The van der Waals surface area contributed by atoms with Gasteiger partial charge in [0.15, 0.2) is 11.3 Å². The maximum atomic E-state index is 13.3. The van der Waals surface area contributed by atoms with Crippen LogP contribution in [0.3, 0.4) is 0 Å². The molecule has 0 bridgehead atoms. The van der Waals surface area contributed by atoms with Crippen molar-refractivity contribution in [1.29, 1.82) is 0 Å². The first-order valence-corrected chi connectivity index (χ1v) is 11.7. The summed E-state index contributed by atoms with van der Waals surface area (Å²) in [6, 6.07) is 19.9. The third kappa shape index (κ3) is 3.52. The maximum absolute atomic E-state index is 13.3. The van der Waals surface area contributed by atoms with Gasteiger partial charge in [-0.25, -0.2) is 5.01 Å². The van der Waals surface area contributed by atoms with E-state index in [0.717, 1.165) is 51.3 Å². The second kappa shape index (κ2) is 8.67. The van der Waals surface area contributed by atoms with Crippen LogP contribution in [0.1, 0.15) is 31.5 Å². The number of amidine groups is 1. The lowest BCUT2D eigenvalue weighted by Gasteiger charge is -2.35. The highest BCUT2D eigenvalue weighted by Crippen LogP contribution is 2.39. The third-order valence-electron chi connectivity index (χ3n) is 5.66. The number of ether oxygens (including phenoxy) is 1. The number of methoxy groups -OCH3 is 1. The molecule has 0 spiro atoms. The number of rotatable bonds is 5. The Morgan fingerprint density at radius 2 is 1.91 bits per heavy atom. The number of para-hydroxylation sites is 1. The lowest BCUT2D eigenvalue weighted by atomic mass is 9.99. The van der Waals surface area contributed by atoms with E-state index in [2.05, 4.69) is 24.4 Å². The van der Waals surface area contributed by atoms with Crippen molar-refractivity contribution < 1.29 is 9.53 Å². The summed E-state index contributed by atoms with van der Waals surface area (Å²) >= 11 is 1.56. The smallest absolute Gasteiger partial charge is 0.276 e. The molecule has 3 aromatic carbocycles. The van der Waals surface area contributed by atoms with Crippen molar-refractivity contribution >= 4 is 39.3 Å². The molecule has 1 atom stereocenters. The number of hydrogen-bond acceptors (Lipinski definition) is 6. The quantitative estimate of drug-likeness (QED) is 0.612. The van der Waals surface area contributed by atoms with Crippen molar-refractivity contribution in [2.45, 2.75) is 25.9 Å². The van der Waals surface area contributed by atoms with E-state index in [9.17, 15) is 4.79 Å². The van der Waals surface area contributed by atoms with Crippen LogP contribution in [0, 0.1) is 0 Å². The van der Waals surface area contributed by atoms with E-state index in [1.165, 1.54) is 0 Å². The zero-order chi connectivity index (χ0) is 22.1. The first-order chi connectivity index (χ1) is 15.7. The van der Waals surface area contributed by atoms with Crippen molar-refractivity contribution in [2.75, 3.05) is 12.9 Å². The molecule has 0 unspecified atom stereocenters. The molecule has 1 N–H and O–H groups in total. The predicted octanol–water partition coefficient (Wildman–Crippen LogP) is 3.52. The molecule has 2 aliphatic rings. The molecule has 2 heterocycles. The summed E-state index contributed by atoms with van der Waals surface area (Å²) in [5.74, 6) is 1.46. The lowest BCUT2D eigenvalue weighted by molar-refractivity contribution is -0.116. The summed E-state index contributed by atoms with van der Waals surface area (Å²) in [4.78, 5) is 18.3. The van der Waals surface area contributed by atoms with Gasteiger partial charge in [0.25, 0.3) is 5.91 Å². The molecule has 32 heavy (non-hydrogen) atoms. The van der Waals surface area contributed by atoms with Crippen LogP contribution in [0.4, 0.5) is 0 Å². The third-order valence-corrected chi connectivity index (χ3v) is 6.61. The zero-order valence-corrected chi connectivity index (χ0v) is 18.9. The van der Waals surface area contributed by atoms with Gasteiger partial charge in [0.05, 0.1) is 12.5 Å². The van der Waals surface area contributed by atoms with Gasteiger partial charge < -0.3 is 4.74 Å². The lowest BCUT2D eigenvalue weighted by Crippen LogP contribution is -2.50. The van der Waals surface area contributed by atoms with Gasteiger partial charge in [-0.15, -0.1) is 5.10 Å². The van der Waals surface area contributed by atoms with Gasteiger partial charge in [0, 0.05) is 16.5 Å². The number of benzene rings is 3. The molecule has 162 valence electrons. The van der Waals surface area contributed by atoms with E-state index in [4.69, 9.17) is 14.8 Å². The van der Waals surface area contributed by atoms with Crippen LogP contribution in [0.15, 0.2) is 70.8 Å². The number of nitrogens with one attached hydrogen (secondary N) is 1. The Morgan fingerprint density at radius 1 is 1.09 bits per heavy atom. The molecule has 7 heteroatoms. The number of hydrazone groups is 1. The fourth-order valence-electron chi connectivity index (χ4n) is 4.11. The summed E-state index contributed by atoms with van der Waals surface area (Å²) < 4.78 is 5.76. The molecule has 0 saturated heterocycles. The topological polar surface area (TPSA) is 66.3 Å². The van der Waals surface area contributed by atoms with Crippen LogP contribution < -0.4 is 20.6 Å². The summed E-state index contributed by atoms with van der Waals surface area (Å²) in [7, 11) is 1.66. The fraction of sp³-hybridized carbons (Fsp3) is 0.240. The van der Waals surface area contributed by atoms with E-state index >= 15 is 0 Å². The number of amides is 1. The fourth-order valence-corrected chi connectivity index (χ4v) is 5.05. The van der Waals surface area contributed by atoms with E-state index in [-0.39, 0.29) is 5.91 Å². The monoisotopic (exact) mass is 444 g/mol. The molecular formula is C25H24N4O2S. The number of unbranched alkanes of at least 4 members (excludes halogenated alkanes) is 1. The Labute approximate surface area is 190 Å².